The number of carbonyl (C=O) groups is 3. The Balaban J connectivity index is 2.00. The summed E-state index contributed by atoms with van der Waals surface area (Å²) in [6, 6.07) is 1.45. The van der Waals surface area contributed by atoms with Gasteiger partial charge in [-0.15, -0.1) is 11.3 Å². The minimum absolute atomic E-state index is 0.00287. The van der Waals surface area contributed by atoms with Gasteiger partial charge in [0.1, 0.15) is 4.88 Å². The molecular weight excluding hydrogens is 460 g/mol. The number of hydrogen-bond donors (Lipinski definition) is 0. The van der Waals surface area contributed by atoms with Gasteiger partial charge in [0.05, 0.1) is 17.7 Å². The standard InChI is InChI=1S/C28H40N2O4S/c1-19-9-11-21(12-10-19)26(32)30(20(2)17-24(31)29-15-7-8-16-29)23-18-22(13-14-28(3,4)5)35-25(23)27(33)34-6/h18-21H,7-12,15-17H2,1-6H3/t19-,20-,21-/m0/s1. The highest BCUT2D eigenvalue weighted by molar-refractivity contribution is 7.15. The highest BCUT2D eigenvalue weighted by Gasteiger charge is 2.36. The lowest BCUT2D eigenvalue weighted by atomic mass is 9.82. The van der Waals surface area contributed by atoms with Crippen LogP contribution in [0.2, 0.25) is 0 Å². The molecule has 1 atom stereocenters. The van der Waals surface area contributed by atoms with Gasteiger partial charge in [0.15, 0.2) is 0 Å². The van der Waals surface area contributed by atoms with Gasteiger partial charge in [-0.05, 0) is 78.2 Å². The molecule has 2 amide bonds. The maximum atomic E-state index is 14.0. The van der Waals surface area contributed by atoms with Crippen LogP contribution in [0.5, 0.6) is 0 Å². The van der Waals surface area contributed by atoms with Crippen molar-refractivity contribution in [3.8, 4) is 11.8 Å². The Morgan fingerprint density at radius 1 is 1.17 bits per heavy atom. The van der Waals surface area contributed by atoms with Crippen LogP contribution in [0.15, 0.2) is 6.07 Å². The first kappa shape index (κ1) is 27.3. The van der Waals surface area contributed by atoms with Crippen LogP contribution in [-0.4, -0.2) is 48.9 Å². The second-order valence-corrected chi connectivity index (χ2v) is 12.2. The fourth-order valence-corrected chi connectivity index (χ4v) is 5.75. The smallest absolute Gasteiger partial charge is 0.350 e. The molecule has 1 saturated carbocycles. The molecule has 192 valence electrons. The van der Waals surface area contributed by atoms with Crippen molar-refractivity contribution in [2.24, 2.45) is 17.3 Å². The molecule has 1 aromatic heterocycles. The summed E-state index contributed by atoms with van der Waals surface area (Å²) in [4.78, 5) is 44.4. The summed E-state index contributed by atoms with van der Waals surface area (Å²) < 4.78 is 5.08. The molecule has 1 aliphatic heterocycles. The molecule has 7 heteroatoms. The van der Waals surface area contributed by atoms with Crippen LogP contribution in [0.4, 0.5) is 5.69 Å². The van der Waals surface area contributed by atoms with Gasteiger partial charge in [0.2, 0.25) is 11.8 Å². The number of hydrogen-bond acceptors (Lipinski definition) is 5. The number of esters is 1. The molecular formula is C28H40N2O4S. The number of thiophene rings is 1. The zero-order valence-electron chi connectivity index (χ0n) is 22.1. The van der Waals surface area contributed by atoms with Crippen molar-refractivity contribution in [1.82, 2.24) is 4.90 Å². The number of ether oxygens (including phenoxy) is 1. The molecule has 0 bridgehead atoms. The summed E-state index contributed by atoms with van der Waals surface area (Å²) in [6.45, 7) is 11.8. The van der Waals surface area contributed by atoms with E-state index in [1.165, 1.54) is 18.4 Å². The van der Waals surface area contributed by atoms with Crippen molar-refractivity contribution in [2.75, 3.05) is 25.1 Å². The number of anilines is 1. The van der Waals surface area contributed by atoms with E-state index in [0.717, 1.165) is 51.6 Å². The molecule has 2 fully saturated rings. The summed E-state index contributed by atoms with van der Waals surface area (Å²) in [5.74, 6) is 6.48. The van der Waals surface area contributed by atoms with Crippen molar-refractivity contribution in [3.63, 3.8) is 0 Å². The second kappa shape index (κ2) is 11.6. The molecule has 3 rings (SSSR count). The van der Waals surface area contributed by atoms with Crippen molar-refractivity contribution in [1.29, 1.82) is 0 Å². The number of methoxy groups -OCH3 is 1. The van der Waals surface area contributed by atoms with E-state index in [4.69, 9.17) is 4.74 Å². The van der Waals surface area contributed by atoms with Gasteiger partial charge in [-0.1, -0.05) is 18.8 Å². The predicted octanol–water partition coefficient (Wildman–Crippen LogP) is 5.49. The molecule has 0 N–H and O–H groups in total. The fourth-order valence-electron chi connectivity index (χ4n) is 4.83. The van der Waals surface area contributed by atoms with Crippen LogP contribution in [0.3, 0.4) is 0 Å². The minimum atomic E-state index is -0.484. The monoisotopic (exact) mass is 500 g/mol. The fraction of sp³-hybridized carbons (Fsp3) is 0.679. The Hall–Kier alpha value is -2.33. The maximum absolute atomic E-state index is 14.0. The SMILES string of the molecule is COC(=O)c1sc(C#CC(C)(C)C)cc1N(C(=O)[C@H]1CC[C@H](C)CC1)[C@@H](C)CC(=O)N1CCCC1. The highest BCUT2D eigenvalue weighted by Crippen LogP contribution is 2.37. The molecule has 6 nitrogen and oxygen atoms in total. The van der Waals surface area contributed by atoms with Gasteiger partial charge in [0.25, 0.3) is 0 Å². The Bertz CT molecular complexity index is 983. The normalized spacial score (nSPS) is 21.1. The van der Waals surface area contributed by atoms with E-state index < -0.39 is 5.97 Å². The minimum Gasteiger partial charge on any atom is -0.465 e. The molecule has 2 heterocycles. The van der Waals surface area contributed by atoms with E-state index in [1.807, 2.05) is 38.7 Å². The van der Waals surface area contributed by atoms with Crippen molar-refractivity contribution in [3.05, 3.63) is 15.8 Å². The summed E-state index contributed by atoms with van der Waals surface area (Å²) in [5, 5.41) is 0. The van der Waals surface area contributed by atoms with Gasteiger partial charge in [0, 0.05) is 36.9 Å². The Morgan fingerprint density at radius 3 is 2.37 bits per heavy atom. The first-order valence-corrected chi connectivity index (χ1v) is 13.7. The summed E-state index contributed by atoms with van der Waals surface area (Å²) in [7, 11) is 1.35. The van der Waals surface area contributed by atoms with E-state index in [9.17, 15) is 14.4 Å². The number of rotatable bonds is 6. The predicted molar refractivity (Wildman–Crippen MR) is 140 cm³/mol. The average molecular weight is 501 g/mol. The first-order valence-electron chi connectivity index (χ1n) is 12.9. The van der Waals surface area contributed by atoms with Crippen molar-refractivity contribution >= 4 is 34.8 Å². The van der Waals surface area contributed by atoms with Crippen LogP contribution < -0.4 is 4.90 Å². The van der Waals surface area contributed by atoms with Gasteiger partial charge < -0.3 is 14.5 Å². The van der Waals surface area contributed by atoms with Crippen LogP contribution in [0, 0.1) is 29.1 Å². The lowest BCUT2D eigenvalue weighted by Gasteiger charge is -2.35. The van der Waals surface area contributed by atoms with Gasteiger partial charge >= 0.3 is 5.97 Å². The highest BCUT2D eigenvalue weighted by atomic mass is 32.1. The van der Waals surface area contributed by atoms with E-state index in [-0.39, 0.29) is 35.6 Å². The molecule has 1 aromatic rings. The third-order valence-electron chi connectivity index (χ3n) is 6.88. The summed E-state index contributed by atoms with van der Waals surface area (Å²) >= 11 is 1.25. The zero-order valence-corrected chi connectivity index (χ0v) is 22.9. The summed E-state index contributed by atoms with van der Waals surface area (Å²) in [6.07, 6.45) is 5.97. The molecule has 0 radical (unpaired) electrons. The van der Waals surface area contributed by atoms with Gasteiger partial charge in [-0.2, -0.15) is 0 Å². The first-order chi connectivity index (χ1) is 16.5. The van der Waals surface area contributed by atoms with Crippen LogP contribution in [0.1, 0.15) is 94.1 Å². The lowest BCUT2D eigenvalue weighted by Crippen LogP contribution is -2.46. The van der Waals surface area contributed by atoms with E-state index >= 15 is 0 Å². The summed E-state index contributed by atoms with van der Waals surface area (Å²) in [5.41, 5.74) is 0.324. The van der Waals surface area contributed by atoms with Crippen molar-refractivity contribution in [2.45, 2.75) is 85.6 Å². The molecule has 0 unspecified atom stereocenters. The van der Waals surface area contributed by atoms with Crippen molar-refractivity contribution < 1.29 is 19.1 Å². The number of amides is 2. The lowest BCUT2D eigenvalue weighted by molar-refractivity contribution is -0.130. The van der Waals surface area contributed by atoms with E-state index in [0.29, 0.717) is 21.4 Å². The van der Waals surface area contributed by atoms with Crippen LogP contribution in [0.25, 0.3) is 0 Å². The third-order valence-corrected chi connectivity index (χ3v) is 7.90. The number of nitrogens with zero attached hydrogens (tertiary/aromatic N) is 2. The maximum Gasteiger partial charge on any atom is 0.350 e. The van der Waals surface area contributed by atoms with Crippen LogP contribution >= 0.6 is 11.3 Å². The Labute approximate surface area is 214 Å². The van der Waals surface area contributed by atoms with E-state index in [2.05, 4.69) is 18.8 Å². The quantitative estimate of drug-likeness (QED) is 0.383. The van der Waals surface area contributed by atoms with Gasteiger partial charge in [-0.3, -0.25) is 9.59 Å². The molecule has 35 heavy (non-hydrogen) atoms. The molecule has 1 aliphatic carbocycles. The Morgan fingerprint density at radius 2 is 1.80 bits per heavy atom. The van der Waals surface area contributed by atoms with Crippen LogP contribution in [-0.2, 0) is 14.3 Å². The third kappa shape index (κ3) is 7.10. The average Bonchev–Trinajstić information content (AvgIpc) is 3.48. The Kier molecular flexibility index (Phi) is 9.04. The molecule has 2 aliphatic rings. The van der Waals surface area contributed by atoms with E-state index in [1.54, 1.807) is 4.90 Å². The number of likely N-dealkylation sites (tertiary alicyclic amines) is 1. The number of carbonyl (C=O) groups excluding carboxylic acids is 3. The topological polar surface area (TPSA) is 66.9 Å². The molecule has 0 aromatic carbocycles. The largest absolute Gasteiger partial charge is 0.465 e. The second-order valence-electron chi connectivity index (χ2n) is 11.1. The zero-order chi connectivity index (χ0) is 25.8. The molecule has 0 spiro atoms. The van der Waals surface area contributed by atoms with Gasteiger partial charge in [-0.25, -0.2) is 4.79 Å². The molecule has 1 saturated heterocycles.